The number of para-hydroxylation sites is 2. The van der Waals surface area contributed by atoms with E-state index < -0.39 is 0 Å². The van der Waals surface area contributed by atoms with Gasteiger partial charge in [0.2, 0.25) is 0 Å². The lowest BCUT2D eigenvalue weighted by atomic mass is 10.0. The summed E-state index contributed by atoms with van der Waals surface area (Å²) in [4.78, 5) is 19.5. The third kappa shape index (κ3) is 5.55. The second kappa shape index (κ2) is 12.7. The summed E-state index contributed by atoms with van der Waals surface area (Å²) in [5.41, 5.74) is 10.4. The highest BCUT2D eigenvalue weighted by Crippen LogP contribution is 2.35. The number of benzene rings is 6. The molecule has 50 heavy (non-hydrogen) atoms. The molecule has 0 amide bonds. The Kier molecular flexibility index (Phi) is 7.56. The quantitative estimate of drug-likeness (QED) is 0.173. The fraction of sp³-hybridized carbons (Fsp3) is 0. The molecule has 0 radical (unpaired) electrons. The average Bonchev–Trinajstić information content (AvgIpc) is 3.53. The van der Waals surface area contributed by atoms with E-state index in [1.54, 1.807) is 6.20 Å². The molecule has 236 valence electrons. The summed E-state index contributed by atoms with van der Waals surface area (Å²) in [5.74, 6) is 1.81. The molecule has 0 unspecified atom stereocenters. The van der Waals surface area contributed by atoms with Crippen molar-refractivity contribution in [2.75, 3.05) is 0 Å². The highest BCUT2D eigenvalue weighted by atomic mass is 79.9. The van der Waals surface area contributed by atoms with Gasteiger partial charge in [0.1, 0.15) is 0 Å². The van der Waals surface area contributed by atoms with Gasteiger partial charge in [-0.3, -0.25) is 4.98 Å². The second-order valence-electron chi connectivity index (χ2n) is 12.1. The highest BCUT2D eigenvalue weighted by Gasteiger charge is 2.17. The summed E-state index contributed by atoms with van der Waals surface area (Å²) < 4.78 is 3.24. The zero-order chi connectivity index (χ0) is 33.4. The lowest BCUT2D eigenvalue weighted by Crippen LogP contribution is -2.01. The number of nitrogens with zero attached hydrogens (tertiary/aromatic N) is 5. The molecule has 5 nitrogen and oxygen atoms in total. The molecule has 0 aliphatic carbocycles. The Bertz CT molecular complexity index is 2480. The summed E-state index contributed by atoms with van der Waals surface area (Å²) in [7, 11) is 0. The summed E-state index contributed by atoms with van der Waals surface area (Å²) in [6.45, 7) is 0. The normalized spacial score (nSPS) is 11.3. The Morgan fingerprint density at radius 1 is 0.400 bits per heavy atom. The Morgan fingerprint density at radius 3 is 1.46 bits per heavy atom. The monoisotopic (exact) mass is 705 g/mol. The Morgan fingerprint density at radius 2 is 0.880 bits per heavy atom. The van der Waals surface area contributed by atoms with E-state index in [-0.39, 0.29) is 0 Å². The first-order valence-corrected chi connectivity index (χ1v) is 17.2. The topological polar surface area (TPSA) is 56.5 Å². The minimum absolute atomic E-state index is 0.594. The Balaban J connectivity index is 1.20. The van der Waals surface area contributed by atoms with Crippen LogP contribution in [0.3, 0.4) is 0 Å². The molecule has 6 aromatic carbocycles. The van der Waals surface area contributed by atoms with Gasteiger partial charge in [-0.05, 0) is 58.7 Å². The maximum absolute atomic E-state index is 5.09. The van der Waals surface area contributed by atoms with Gasteiger partial charge in [0.05, 0.1) is 11.0 Å². The molecule has 3 aromatic heterocycles. The van der Waals surface area contributed by atoms with E-state index in [2.05, 4.69) is 171 Å². The van der Waals surface area contributed by atoms with Crippen molar-refractivity contribution in [2.24, 2.45) is 0 Å². The zero-order valence-electron chi connectivity index (χ0n) is 26.8. The standard InChI is InChI=1S/C44H28BrN5/c45-36-25-35(26-37(27-36)50-40-14-6-4-12-38(40)39-13-5-7-15-41(39)50)44-48-42(32-20-16-30(17-21-32)29-9-2-1-3-10-29)47-43(49-44)33-22-18-31(19-23-33)34-11-8-24-46-28-34/h1-28H. The molecule has 0 N–H and O–H groups in total. The molecule has 0 spiro atoms. The number of fused-ring (bicyclic) bond motifs is 3. The molecule has 3 heterocycles. The van der Waals surface area contributed by atoms with Crippen molar-refractivity contribution in [1.82, 2.24) is 24.5 Å². The molecule has 9 aromatic rings. The molecule has 0 bridgehead atoms. The Hall–Kier alpha value is -6.24. The molecule has 6 heteroatoms. The maximum Gasteiger partial charge on any atom is 0.164 e. The molecule has 0 aliphatic rings. The first-order chi connectivity index (χ1) is 24.7. The third-order valence-electron chi connectivity index (χ3n) is 9.00. The first-order valence-electron chi connectivity index (χ1n) is 16.4. The average molecular weight is 707 g/mol. The van der Waals surface area contributed by atoms with Crippen LogP contribution >= 0.6 is 15.9 Å². The van der Waals surface area contributed by atoms with Gasteiger partial charge in [-0.2, -0.15) is 0 Å². The van der Waals surface area contributed by atoms with Crippen LogP contribution in [0, 0.1) is 0 Å². The molecule has 9 rings (SSSR count). The van der Waals surface area contributed by atoms with Crippen molar-refractivity contribution in [3.05, 3.63) is 175 Å². The van der Waals surface area contributed by atoms with Gasteiger partial charge >= 0.3 is 0 Å². The number of aromatic nitrogens is 5. The van der Waals surface area contributed by atoms with E-state index in [0.29, 0.717) is 17.5 Å². The number of pyridine rings is 1. The van der Waals surface area contributed by atoms with Crippen LogP contribution in [0.25, 0.3) is 83.9 Å². The van der Waals surface area contributed by atoms with Gasteiger partial charge < -0.3 is 4.57 Å². The van der Waals surface area contributed by atoms with E-state index in [0.717, 1.165) is 60.1 Å². The van der Waals surface area contributed by atoms with Crippen LogP contribution in [0.2, 0.25) is 0 Å². The predicted molar refractivity (Wildman–Crippen MR) is 207 cm³/mol. The number of halogens is 1. The summed E-state index contributed by atoms with van der Waals surface area (Å²) in [5, 5.41) is 2.42. The van der Waals surface area contributed by atoms with E-state index in [9.17, 15) is 0 Å². The number of hydrogen-bond acceptors (Lipinski definition) is 4. The maximum atomic E-state index is 5.09. The lowest BCUT2D eigenvalue weighted by Gasteiger charge is -2.13. The van der Waals surface area contributed by atoms with Crippen LogP contribution in [-0.2, 0) is 0 Å². The first kappa shape index (κ1) is 29.9. The van der Waals surface area contributed by atoms with E-state index in [4.69, 9.17) is 15.0 Å². The van der Waals surface area contributed by atoms with Gasteiger partial charge in [-0.15, -0.1) is 0 Å². The SMILES string of the molecule is Brc1cc(-c2nc(-c3ccc(-c4ccccc4)cc3)nc(-c3ccc(-c4cccnc4)cc3)n2)cc(-n2c3ccccc3c3ccccc32)c1. The van der Waals surface area contributed by atoms with Crippen molar-refractivity contribution >= 4 is 37.7 Å². The fourth-order valence-corrected chi connectivity index (χ4v) is 7.07. The minimum Gasteiger partial charge on any atom is -0.309 e. The van der Waals surface area contributed by atoms with Crippen LogP contribution in [0.1, 0.15) is 0 Å². The van der Waals surface area contributed by atoms with E-state index in [1.165, 1.54) is 10.8 Å². The molecule has 0 atom stereocenters. The highest BCUT2D eigenvalue weighted by molar-refractivity contribution is 9.10. The van der Waals surface area contributed by atoms with Gasteiger partial charge in [0.25, 0.3) is 0 Å². The van der Waals surface area contributed by atoms with E-state index >= 15 is 0 Å². The number of rotatable bonds is 6. The fourth-order valence-electron chi connectivity index (χ4n) is 6.58. The van der Waals surface area contributed by atoms with Crippen LogP contribution in [0.5, 0.6) is 0 Å². The van der Waals surface area contributed by atoms with Crippen LogP contribution < -0.4 is 0 Å². The van der Waals surface area contributed by atoms with Crippen molar-refractivity contribution in [1.29, 1.82) is 0 Å². The Labute approximate surface area is 297 Å². The van der Waals surface area contributed by atoms with Gasteiger partial charge in [-0.1, -0.05) is 137 Å². The van der Waals surface area contributed by atoms with Crippen molar-refractivity contribution < 1.29 is 0 Å². The van der Waals surface area contributed by atoms with Crippen molar-refractivity contribution in [2.45, 2.75) is 0 Å². The molecule has 0 saturated carbocycles. The molecule has 0 aliphatic heterocycles. The number of hydrogen-bond donors (Lipinski definition) is 0. The largest absolute Gasteiger partial charge is 0.309 e. The molecular formula is C44H28BrN5. The van der Waals surface area contributed by atoms with E-state index in [1.807, 2.05) is 18.3 Å². The summed E-state index contributed by atoms with van der Waals surface area (Å²) in [6, 6.07) is 54.5. The van der Waals surface area contributed by atoms with Gasteiger partial charge in [0.15, 0.2) is 17.5 Å². The summed E-state index contributed by atoms with van der Waals surface area (Å²) in [6.07, 6.45) is 3.65. The third-order valence-corrected chi connectivity index (χ3v) is 9.46. The summed E-state index contributed by atoms with van der Waals surface area (Å²) >= 11 is 3.82. The molecule has 0 fully saturated rings. The molecular weight excluding hydrogens is 678 g/mol. The van der Waals surface area contributed by atoms with Crippen molar-refractivity contribution in [3.63, 3.8) is 0 Å². The predicted octanol–water partition coefficient (Wildman–Crippen LogP) is 11.5. The van der Waals surface area contributed by atoms with Crippen LogP contribution in [0.15, 0.2) is 175 Å². The minimum atomic E-state index is 0.594. The second-order valence-corrected chi connectivity index (χ2v) is 13.1. The lowest BCUT2D eigenvalue weighted by molar-refractivity contribution is 1.07. The van der Waals surface area contributed by atoms with Crippen LogP contribution in [-0.4, -0.2) is 24.5 Å². The van der Waals surface area contributed by atoms with Gasteiger partial charge in [-0.25, -0.2) is 15.0 Å². The smallest absolute Gasteiger partial charge is 0.164 e. The van der Waals surface area contributed by atoms with Crippen LogP contribution in [0.4, 0.5) is 0 Å². The zero-order valence-corrected chi connectivity index (χ0v) is 28.4. The van der Waals surface area contributed by atoms with Crippen molar-refractivity contribution in [3.8, 4) is 62.1 Å². The molecule has 0 saturated heterocycles. The van der Waals surface area contributed by atoms with Gasteiger partial charge in [0, 0.05) is 50.0 Å².